The maximum atomic E-state index is 12.5. The van der Waals surface area contributed by atoms with Gasteiger partial charge in [0, 0.05) is 39.8 Å². The first-order valence-corrected chi connectivity index (χ1v) is 10.3. The average Bonchev–Trinajstić information content (AvgIpc) is 3.47. The van der Waals surface area contributed by atoms with Gasteiger partial charge in [0.05, 0.1) is 13.2 Å². The second-order valence-corrected chi connectivity index (χ2v) is 8.49. The zero-order valence-electron chi connectivity index (χ0n) is 15.3. The van der Waals surface area contributed by atoms with Crippen LogP contribution in [0.3, 0.4) is 0 Å². The number of fused-ring (bicyclic) bond motifs is 2. The number of benzene rings is 1. The van der Waals surface area contributed by atoms with Crippen LogP contribution < -0.4 is 14.9 Å². The van der Waals surface area contributed by atoms with Gasteiger partial charge in [-0.15, -0.1) is 11.3 Å². The van der Waals surface area contributed by atoms with Gasteiger partial charge in [-0.05, 0) is 48.6 Å². The van der Waals surface area contributed by atoms with E-state index >= 15 is 0 Å². The molecule has 146 valence electrons. The molecule has 3 heterocycles. The lowest BCUT2D eigenvalue weighted by Crippen LogP contribution is -2.44. The van der Waals surface area contributed by atoms with Crippen LogP contribution in [-0.4, -0.2) is 40.8 Å². The van der Waals surface area contributed by atoms with Crippen molar-refractivity contribution in [2.75, 3.05) is 25.0 Å². The Morgan fingerprint density at radius 1 is 1.25 bits per heavy atom. The third kappa shape index (κ3) is 3.05. The molecule has 0 radical (unpaired) electrons. The Hall–Kier alpha value is -2.49. The van der Waals surface area contributed by atoms with Crippen molar-refractivity contribution in [3.63, 3.8) is 0 Å². The highest BCUT2D eigenvalue weighted by atomic mass is 32.1. The van der Waals surface area contributed by atoms with E-state index in [0.29, 0.717) is 9.58 Å². The van der Waals surface area contributed by atoms with Crippen molar-refractivity contribution in [2.24, 2.45) is 0 Å². The van der Waals surface area contributed by atoms with Gasteiger partial charge in [0.15, 0.2) is 5.52 Å². The summed E-state index contributed by atoms with van der Waals surface area (Å²) in [5.74, 6) is -0.115. The quantitative estimate of drug-likeness (QED) is 0.493. The largest absolute Gasteiger partial charge is 0.739 e. The molecule has 5 rings (SSSR count). The topological polar surface area (TPSA) is 102 Å². The minimum atomic E-state index is -0.154. The monoisotopic (exact) mass is 399 g/mol. The number of thiophene rings is 1. The number of nitrogens with zero attached hydrogens (tertiary/aromatic N) is 4. The van der Waals surface area contributed by atoms with Crippen molar-refractivity contribution in [2.45, 2.75) is 31.8 Å². The molecule has 0 atom stereocenters. The summed E-state index contributed by atoms with van der Waals surface area (Å²) in [6, 6.07) is 8.26. The summed E-state index contributed by atoms with van der Waals surface area (Å²) < 4.78 is 0.593. The molecule has 1 aromatic carbocycles. The van der Waals surface area contributed by atoms with Crippen molar-refractivity contribution in [3.8, 4) is 10.4 Å². The van der Waals surface area contributed by atoms with E-state index in [1.807, 2.05) is 6.07 Å². The van der Waals surface area contributed by atoms with E-state index in [0.717, 1.165) is 36.0 Å². The van der Waals surface area contributed by atoms with Gasteiger partial charge in [0.1, 0.15) is 0 Å². The molecule has 2 N–H and O–H groups in total. The first-order chi connectivity index (χ1) is 13.6. The van der Waals surface area contributed by atoms with Crippen LogP contribution in [0.2, 0.25) is 0 Å². The Kier molecular flexibility index (Phi) is 4.30. The van der Waals surface area contributed by atoms with Crippen LogP contribution in [0.1, 0.15) is 23.3 Å². The van der Waals surface area contributed by atoms with Crippen molar-refractivity contribution in [1.82, 2.24) is 10.00 Å². The van der Waals surface area contributed by atoms with E-state index < -0.39 is 0 Å². The summed E-state index contributed by atoms with van der Waals surface area (Å²) in [4.78, 5) is 5.57. The van der Waals surface area contributed by atoms with Crippen LogP contribution in [0.15, 0.2) is 24.3 Å². The molecule has 1 aliphatic heterocycles. The van der Waals surface area contributed by atoms with Gasteiger partial charge in [-0.25, -0.2) is 4.73 Å². The highest BCUT2D eigenvalue weighted by Gasteiger charge is 2.32. The SMILES string of the molecule is [O-][n+]1nc(NCCO)[n+]([O-])c2ccc(-c3cc4c(s3)CCN(C3CC3)C4)cc21. The fourth-order valence-electron chi connectivity index (χ4n) is 3.82. The number of rotatable bonds is 5. The van der Waals surface area contributed by atoms with Gasteiger partial charge >= 0.3 is 5.95 Å². The molecule has 0 unspecified atom stereocenters. The predicted molar refractivity (Wildman–Crippen MR) is 106 cm³/mol. The number of hydrogen-bond donors (Lipinski definition) is 2. The van der Waals surface area contributed by atoms with Crippen LogP contribution in [0.4, 0.5) is 5.95 Å². The molecule has 8 nitrogen and oxygen atoms in total. The lowest BCUT2D eigenvalue weighted by molar-refractivity contribution is -0.672. The Balaban J connectivity index is 1.49. The lowest BCUT2D eigenvalue weighted by atomic mass is 10.1. The molecule has 2 aromatic heterocycles. The van der Waals surface area contributed by atoms with Gasteiger partial charge in [-0.2, -0.15) is 0 Å². The van der Waals surface area contributed by atoms with Gasteiger partial charge in [-0.1, -0.05) is 0 Å². The number of hydrogen-bond acceptors (Lipinski definition) is 7. The van der Waals surface area contributed by atoms with Gasteiger partial charge in [-0.3, -0.25) is 10.2 Å². The standard InChI is InChI=1S/C19H21N5O3S/c25-8-6-20-19-21-24(27)16-9-12(1-4-15(16)23(19)26)18-10-13-11-22(14-2-3-14)7-5-17(13)28-18/h1,4,9-10,14,25H,2-3,5-8,11H2,(H,20,21). The van der Waals surface area contributed by atoms with Crippen LogP contribution in [0.5, 0.6) is 0 Å². The molecule has 28 heavy (non-hydrogen) atoms. The lowest BCUT2D eigenvalue weighted by Gasteiger charge is -2.26. The van der Waals surface area contributed by atoms with Crippen molar-refractivity contribution in [3.05, 3.63) is 45.1 Å². The summed E-state index contributed by atoms with van der Waals surface area (Å²) in [5.41, 5.74) is 2.78. The first-order valence-electron chi connectivity index (χ1n) is 9.52. The third-order valence-electron chi connectivity index (χ3n) is 5.42. The molecular formula is C19H21N5O3S. The second kappa shape index (κ2) is 6.84. The third-order valence-corrected chi connectivity index (χ3v) is 6.70. The van der Waals surface area contributed by atoms with E-state index in [2.05, 4.69) is 21.4 Å². The Morgan fingerprint density at radius 2 is 2.11 bits per heavy atom. The Bertz CT molecular complexity index is 1050. The molecule has 9 heteroatoms. The predicted octanol–water partition coefficient (Wildman–Crippen LogP) is 1.15. The number of aliphatic hydroxyl groups is 1. The van der Waals surface area contributed by atoms with E-state index in [1.54, 1.807) is 23.5 Å². The highest BCUT2D eigenvalue weighted by Crippen LogP contribution is 2.38. The van der Waals surface area contributed by atoms with Crippen LogP contribution in [-0.2, 0) is 13.0 Å². The fourth-order valence-corrected chi connectivity index (χ4v) is 4.98. The summed E-state index contributed by atoms with van der Waals surface area (Å²) in [5, 5.41) is 40.1. The molecule has 0 spiro atoms. The Morgan fingerprint density at radius 3 is 2.89 bits per heavy atom. The molecular weight excluding hydrogens is 378 g/mol. The zero-order valence-corrected chi connectivity index (χ0v) is 16.1. The van der Waals surface area contributed by atoms with E-state index in [4.69, 9.17) is 5.11 Å². The average molecular weight is 399 g/mol. The molecule has 1 fully saturated rings. The summed E-state index contributed by atoms with van der Waals surface area (Å²) in [6.07, 6.45) is 3.71. The second-order valence-electron chi connectivity index (χ2n) is 7.36. The van der Waals surface area contributed by atoms with Crippen LogP contribution in [0.25, 0.3) is 21.5 Å². The van der Waals surface area contributed by atoms with Gasteiger partial charge in [0.25, 0.3) is 5.52 Å². The van der Waals surface area contributed by atoms with Crippen molar-refractivity contribution in [1.29, 1.82) is 0 Å². The van der Waals surface area contributed by atoms with E-state index in [9.17, 15) is 10.4 Å². The minimum absolute atomic E-state index is 0.115. The minimum Gasteiger partial charge on any atom is -0.739 e. The summed E-state index contributed by atoms with van der Waals surface area (Å²) in [7, 11) is 0. The molecule has 0 saturated heterocycles. The van der Waals surface area contributed by atoms with Gasteiger partial charge in [0.2, 0.25) is 5.10 Å². The molecule has 1 aliphatic carbocycles. The fraction of sp³-hybridized carbons (Fsp3) is 0.421. The van der Waals surface area contributed by atoms with Crippen LogP contribution in [0, 0.1) is 10.4 Å². The molecule has 0 amide bonds. The van der Waals surface area contributed by atoms with E-state index in [-0.39, 0.29) is 30.1 Å². The first kappa shape index (κ1) is 17.6. The number of anilines is 1. The molecule has 3 aromatic rings. The number of nitrogens with one attached hydrogen (secondary N) is 1. The number of aromatic nitrogens is 3. The Labute approximate surface area is 165 Å². The summed E-state index contributed by atoms with van der Waals surface area (Å²) in [6.45, 7) is 2.13. The van der Waals surface area contributed by atoms with Gasteiger partial charge < -0.3 is 15.5 Å². The maximum Gasteiger partial charge on any atom is 0.461 e. The highest BCUT2D eigenvalue weighted by molar-refractivity contribution is 7.15. The zero-order chi connectivity index (χ0) is 19.3. The number of aliphatic hydroxyl groups excluding tert-OH is 1. The van der Waals surface area contributed by atoms with Crippen molar-refractivity contribution < 1.29 is 14.7 Å². The summed E-state index contributed by atoms with van der Waals surface area (Å²) >= 11 is 1.77. The smallest absolute Gasteiger partial charge is 0.461 e. The van der Waals surface area contributed by atoms with Crippen molar-refractivity contribution >= 4 is 28.3 Å². The van der Waals surface area contributed by atoms with Crippen LogP contribution >= 0.6 is 11.3 Å². The maximum absolute atomic E-state index is 12.5. The normalized spacial score (nSPS) is 17.0. The molecule has 1 saturated carbocycles. The van der Waals surface area contributed by atoms with E-state index in [1.165, 1.54) is 23.3 Å². The molecule has 2 aliphatic rings. The molecule has 0 bridgehead atoms.